The molecule has 0 amide bonds. The Kier molecular flexibility index (Phi) is 3.32. The number of hydrogen-bond acceptors (Lipinski definition) is 1. The van der Waals surface area contributed by atoms with Crippen LogP contribution in [-0.4, -0.2) is 0 Å². The molecule has 0 aliphatic heterocycles. The first-order valence-electron chi connectivity index (χ1n) is 7.27. The van der Waals surface area contributed by atoms with Crippen LogP contribution >= 0.6 is 0 Å². The fraction of sp³-hybridized carbons (Fsp3) is 0.263. The van der Waals surface area contributed by atoms with Crippen molar-refractivity contribution in [1.29, 1.82) is 0 Å². The molecular formula is C19H19FO. The largest absolute Gasteiger partial charge is 0.456 e. The smallest absolute Gasteiger partial charge is 0.138 e. The first kappa shape index (κ1) is 13.9. The predicted octanol–water partition coefficient (Wildman–Crippen LogP) is 5.98. The summed E-state index contributed by atoms with van der Waals surface area (Å²) in [5.74, 6) is 1.05. The zero-order valence-corrected chi connectivity index (χ0v) is 12.8. The van der Waals surface area contributed by atoms with Gasteiger partial charge in [0.25, 0.3) is 0 Å². The minimum atomic E-state index is -0.186. The highest BCUT2D eigenvalue weighted by Gasteiger charge is 2.14. The molecule has 0 radical (unpaired) electrons. The van der Waals surface area contributed by atoms with E-state index >= 15 is 0 Å². The summed E-state index contributed by atoms with van der Waals surface area (Å²) in [6, 6.07) is 11.4. The zero-order valence-electron chi connectivity index (χ0n) is 12.8. The number of furan rings is 1. The molecule has 0 atom stereocenters. The Hall–Kier alpha value is -2.09. The molecule has 1 heterocycles. The first-order valence-corrected chi connectivity index (χ1v) is 7.27. The lowest BCUT2D eigenvalue weighted by molar-refractivity contribution is 0.615. The number of aryl methyl sites for hydroxylation is 2. The third kappa shape index (κ3) is 2.35. The molecule has 0 fully saturated rings. The normalized spacial score (nSPS) is 11.5. The molecular weight excluding hydrogens is 263 g/mol. The first-order chi connectivity index (χ1) is 9.97. The van der Waals surface area contributed by atoms with E-state index in [9.17, 15) is 4.39 Å². The average Bonchev–Trinajstić information content (AvgIpc) is 2.87. The van der Waals surface area contributed by atoms with Crippen molar-refractivity contribution < 1.29 is 8.81 Å². The van der Waals surface area contributed by atoms with Gasteiger partial charge in [-0.05, 0) is 60.7 Å². The molecule has 1 aromatic heterocycles. The zero-order chi connectivity index (χ0) is 15.1. The highest BCUT2D eigenvalue weighted by atomic mass is 19.1. The van der Waals surface area contributed by atoms with Gasteiger partial charge in [0.2, 0.25) is 0 Å². The van der Waals surface area contributed by atoms with E-state index in [0.29, 0.717) is 11.5 Å². The molecule has 0 N–H and O–H groups in total. The second-order valence-electron chi connectivity index (χ2n) is 5.94. The summed E-state index contributed by atoms with van der Waals surface area (Å²) in [6.45, 7) is 8.18. The Morgan fingerprint density at radius 2 is 1.71 bits per heavy atom. The summed E-state index contributed by atoms with van der Waals surface area (Å²) in [6.07, 6.45) is 0. The van der Waals surface area contributed by atoms with Gasteiger partial charge < -0.3 is 4.42 Å². The van der Waals surface area contributed by atoms with E-state index in [2.05, 4.69) is 39.0 Å². The predicted molar refractivity (Wildman–Crippen MR) is 85.2 cm³/mol. The molecule has 0 saturated heterocycles. The van der Waals surface area contributed by atoms with Crippen molar-refractivity contribution in [3.8, 4) is 11.3 Å². The molecule has 0 unspecified atom stereocenters. The maximum atomic E-state index is 13.4. The number of fused-ring (bicyclic) bond motifs is 1. The van der Waals surface area contributed by atoms with Crippen molar-refractivity contribution in [3.63, 3.8) is 0 Å². The standard InChI is InChI=1S/C19H19FO/c1-11(2)15-7-5-12(3)19-16(15)10-18(21-19)14-6-8-17(20)13(4)9-14/h5-11H,1-4H3. The van der Waals surface area contributed by atoms with E-state index < -0.39 is 0 Å². The average molecular weight is 282 g/mol. The van der Waals surface area contributed by atoms with Crippen molar-refractivity contribution in [2.24, 2.45) is 0 Å². The molecule has 0 aliphatic carbocycles. The topological polar surface area (TPSA) is 13.1 Å². The van der Waals surface area contributed by atoms with Gasteiger partial charge in [-0.3, -0.25) is 0 Å². The summed E-state index contributed by atoms with van der Waals surface area (Å²) < 4.78 is 19.5. The second kappa shape index (κ2) is 5.03. The molecule has 2 heteroatoms. The summed E-state index contributed by atoms with van der Waals surface area (Å²) in [5, 5.41) is 1.15. The minimum Gasteiger partial charge on any atom is -0.456 e. The van der Waals surface area contributed by atoms with Gasteiger partial charge in [0.15, 0.2) is 0 Å². The van der Waals surface area contributed by atoms with Gasteiger partial charge in [-0.2, -0.15) is 0 Å². The van der Waals surface area contributed by atoms with Crippen LogP contribution in [-0.2, 0) is 0 Å². The lowest BCUT2D eigenvalue weighted by Gasteiger charge is -2.07. The van der Waals surface area contributed by atoms with E-state index in [0.717, 1.165) is 27.9 Å². The maximum absolute atomic E-state index is 13.4. The molecule has 0 bridgehead atoms. The highest BCUT2D eigenvalue weighted by Crippen LogP contribution is 2.35. The van der Waals surface area contributed by atoms with Crippen molar-refractivity contribution >= 4 is 11.0 Å². The van der Waals surface area contributed by atoms with Crippen LogP contribution in [0.1, 0.15) is 36.5 Å². The Morgan fingerprint density at radius 1 is 0.952 bits per heavy atom. The van der Waals surface area contributed by atoms with Crippen LogP contribution in [0.25, 0.3) is 22.3 Å². The third-order valence-corrected chi connectivity index (χ3v) is 3.98. The van der Waals surface area contributed by atoms with Gasteiger partial charge in [0.1, 0.15) is 17.2 Å². The van der Waals surface area contributed by atoms with E-state index in [1.165, 1.54) is 11.6 Å². The van der Waals surface area contributed by atoms with Crippen LogP contribution in [0, 0.1) is 19.7 Å². The van der Waals surface area contributed by atoms with Crippen LogP contribution in [0.2, 0.25) is 0 Å². The molecule has 3 rings (SSSR count). The Morgan fingerprint density at radius 3 is 2.38 bits per heavy atom. The minimum absolute atomic E-state index is 0.186. The Balaban J connectivity index is 2.23. The van der Waals surface area contributed by atoms with Crippen LogP contribution in [0.15, 0.2) is 40.8 Å². The summed E-state index contributed by atoms with van der Waals surface area (Å²) >= 11 is 0. The monoisotopic (exact) mass is 282 g/mol. The number of benzene rings is 2. The van der Waals surface area contributed by atoms with Crippen molar-refractivity contribution in [2.45, 2.75) is 33.6 Å². The summed E-state index contributed by atoms with van der Waals surface area (Å²) in [4.78, 5) is 0. The molecule has 0 aliphatic rings. The number of rotatable bonds is 2. The second-order valence-corrected chi connectivity index (χ2v) is 5.94. The van der Waals surface area contributed by atoms with Crippen LogP contribution < -0.4 is 0 Å². The SMILES string of the molecule is Cc1cc(-c2cc3c(C(C)C)ccc(C)c3o2)ccc1F. The van der Waals surface area contributed by atoms with Gasteiger partial charge in [0.05, 0.1) is 0 Å². The molecule has 3 aromatic rings. The van der Waals surface area contributed by atoms with Gasteiger partial charge in [-0.1, -0.05) is 26.0 Å². The fourth-order valence-electron chi connectivity index (χ4n) is 2.72. The molecule has 21 heavy (non-hydrogen) atoms. The van der Waals surface area contributed by atoms with Crippen LogP contribution in [0.4, 0.5) is 4.39 Å². The maximum Gasteiger partial charge on any atom is 0.138 e. The number of halogens is 1. The van der Waals surface area contributed by atoms with Gasteiger partial charge >= 0.3 is 0 Å². The van der Waals surface area contributed by atoms with E-state index in [1.54, 1.807) is 13.0 Å². The molecule has 0 spiro atoms. The van der Waals surface area contributed by atoms with Crippen molar-refractivity contribution in [2.75, 3.05) is 0 Å². The lowest BCUT2D eigenvalue weighted by Crippen LogP contribution is -1.88. The van der Waals surface area contributed by atoms with Crippen LogP contribution in [0.3, 0.4) is 0 Å². The Labute approximate surface area is 124 Å². The molecule has 2 aromatic carbocycles. The van der Waals surface area contributed by atoms with Crippen LogP contribution in [0.5, 0.6) is 0 Å². The summed E-state index contributed by atoms with van der Waals surface area (Å²) in [5.41, 5.74) is 4.88. The third-order valence-electron chi connectivity index (χ3n) is 3.98. The van der Waals surface area contributed by atoms with E-state index in [1.807, 2.05) is 6.07 Å². The summed E-state index contributed by atoms with van der Waals surface area (Å²) in [7, 11) is 0. The quantitative estimate of drug-likeness (QED) is 0.563. The molecule has 0 saturated carbocycles. The van der Waals surface area contributed by atoms with Crippen molar-refractivity contribution in [3.05, 3.63) is 58.9 Å². The lowest BCUT2D eigenvalue weighted by atomic mass is 9.97. The van der Waals surface area contributed by atoms with E-state index in [4.69, 9.17) is 4.42 Å². The van der Waals surface area contributed by atoms with Crippen molar-refractivity contribution in [1.82, 2.24) is 0 Å². The number of hydrogen-bond donors (Lipinski definition) is 0. The van der Waals surface area contributed by atoms with Gasteiger partial charge in [-0.25, -0.2) is 4.39 Å². The fourth-order valence-corrected chi connectivity index (χ4v) is 2.72. The van der Waals surface area contributed by atoms with Gasteiger partial charge in [-0.15, -0.1) is 0 Å². The van der Waals surface area contributed by atoms with Gasteiger partial charge in [0, 0.05) is 10.9 Å². The molecule has 108 valence electrons. The Bertz CT molecular complexity index is 812. The van der Waals surface area contributed by atoms with E-state index in [-0.39, 0.29) is 5.82 Å². The molecule has 1 nitrogen and oxygen atoms in total. The highest BCUT2D eigenvalue weighted by molar-refractivity contribution is 5.88.